The van der Waals surface area contributed by atoms with E-state index in [-0.39, 0.29) is 11.3 Å². The summed E-state index contributed by atoms with van der Waals surface area (Å²) in [4.78, 5) is 13.8. The Bertz CT molecular complexity index is 754. The molecule has 2 aromatic rings. The number of carbonyl (C=O) groups excluding carboxylic acids is 1. The summed E-state index contributed by atoms with van der Waals surface area (Å²) in [5, 5.41) is -0.719. The molecule has 5 heteroatoms. The Hall–Kier alpha value is -2.14. The average Bonchev–Trinajstić information content (AvgIpc) is 2.57. The van der Waals surface area contributed by atoms with Gasteiger partial charge in [0.25, 0.3) is 5.12 Å². The van der Waals surface area contributed by atoms with Crippen LogP contribution in [0.15, 0.2) is 59.5 Å². The van der Waals surface area contributed by atoms with E-state index in [9.17, 15) is 13.2 Å². The van der Waals surface area contributed by atoms with Gasteiger partial charge in [0.1, 0.15) is 0 Å². The molecule has 20 heavy (non-hydrogen) atoms. The first kappa shape index (κ1) is 12.9. The summed E-state index contributed by atoms with van der Waals surface area (Å²) in [6, 6.07) is 16.1. The molecule has 3 rings (SSSR count). The highest BCUT2D eigenvalue weighted by molar-refractivity contribution is 8.06. The molecule has 0 saturated heterocycles. The van der Waals surface area contributed by atoms with E-state index in [2.05, 4.69) is 0 Å². The Morgan fingerprint density at radius 2 is 1.55 bits per heavy atom. The topological polar surface area (TPSA) is 54.5 Å². The minimum atomic E-state index is -3.88. The summed E-state index contributed by atoms with van der Waals surface area (Å²) >= 11 is 0. The molecular weight excluding hydrogens is 274 g/mol. The Morgan fingerprint density at radius 3 is 2.30 bits per heavy atom. The molecule has 0 spiro atoms. The number of hydrogen-bond acceptors (Lipinski definition) is 4. The van der Waals surface area contributed by atoms with Gasteiger partial charge in [0.15, 0.2) is 0 Å². The quantitative estimate of drug-likeness (QED) is 0.808. The van der Waals surface area contributed by atoms with Crippen molar-refractivity contribution in [2.45, 2.75) is 11.3 Å². The normalized spacial score (nSPS) is 17.4. The fourth-order valence-electron chi connectivity index (χ4n) is 2.36. The standard InChI is InChI=1S/C15H13NO3S/c17-15-10-11-16(12-6-2-1-3-7-12)13-8-4-5-9-14(13)20(15,18)19/h1-9H,10-11H2. The first-order valence-electron chi connectivity index (χ1n) is 6.30. The number of anilines is 2. The van der Waals surface area contributed by atoms with E-state index in [1.54, 1.807) is 18.2 Å². The second-order valence-corrected chi connectivity index (χ2v) is 6.48. The summed E-state index contributed by atoms with van der Waals surface area (Å²) in [7, 11) is -3.88. The summed E-state index contributed by atoms with van der Waals surface area (Å²) in [5.74, 6) is 0. The van der Waals surface area contributed by atoms with Crippen molar-refractivity contribution in [1.29, 1.82) is 0 Å². The Kier molecular flexibility index (Phi) is 3.06. The largest absolute Gasteiger partial charge is 0.340 e. The number of hydrogen-bond donors (Lipinski definition) is 0. The Morgan fingerprint density at radius 1 is 0.900 bits per heavy atom. The van der Waals surface area contributed by atoms with Crippen molar-refractivity contribution in [3.8, 4) is 0 Å². The number of nitrogens with zero attached hydrogens (tertiary/aromatic N) is 1. The highest BCUT2D eigenvalue weighted by atomic mass is 32.2. The molecule has 0 fully saturated rings. The second-order valence-electron chi connectivity index (χ2n) is 4.58. The lowest BCUT2D eigenvalue weighted by atomic mass is 10.2. The SMILES string of the molecule is O=C1CCN(c2ccccc2)c2ccccc2S1(=O)=O. The fraction of sp³-hybridized carbons (Fsp3) is 0.133. The maximum Gasteiger partial charge on any atom is 0.253 e. The maximum absolute atomic E-state index is 12.2. The van der Waals surface area contributed by atoms with Gasteiger partial charge in [-0.25, -0.2) is 8.42 Å². The van der Waals surface area contributed by atoms with Crippen LogP contribution in [0.1, 0.15) is 6.42 Å². The molecule has 0 aliphatic carbocycles. The molecule has 1 aliphatic rings. The lowest BCUT2D eigenvalue weighted by Gasteiger charge is -2.23. The number of carbonyl (C=O) groups is 1. The van der Waals surface area contributed by atoms with E-state index in [0.29, 0.717) is 12.2 Å². The van der Waals surface area contributed by atoms with Crippen molar-refractivity contribution in [3.63, 3.8) is 0 Å². The van der Waals surface area contributed by atoms with Gasteiger partial charge < -0.3 is 4.90 Å². The van der Waals surface area contributed by atoms with Crippen LogP contribution in [0.2, 0.25) is 0 Å². The third-order valence-electron chi connectivity index (χ3n) is 3.35. The zero-order valence-electron chi connectivity index (χ0n) is 10.7. The third kappa shape index (κ3) is 2.00. The maximum atomic E-state index is 12.2. The molecule has 0 saturated carbocycles. The summed E-state index contributed by atoms with van der Waals surface area (Å²) in [6.07, 6.45) is -0.00803. The van der Waals surface area contributed by atoms with E-state index >= 15 is 0 Å². The number of sulfone groups is 1. The predicted molar refractivity (Wildman–Crippen MR) is 76.7 cm³/mol. The van der Waals surface area contributed by atoms with Crippen LogP contribution in [-0.2, 0) is 14.6 Å². The number of benzene rings is 2. The second kappa shape index (κ2) is 4.76. The van der Waals surface area contributed by atoms with Crippen LogP contribution in [0, 0.1) is 0 Å². The number of para-hydroxylation sites is 2. The van der Waals surface area contributed by atoms with Crippen molar-refractivity contribution in [3.05, 3.63) is 54.6 Å². The zero-order chi connectivity index (χ0) is 14.2. The summed E-state index contributed by atoms with van der Waals surface area (Å²) < 4.78 is 24.4. The van der Waals surface area contributed by atoms with Gasteiger partial charge in [0.2, 0.25) is 9.84 Å². The minimum Gasteiger partial charge on any atom is -0.340 e. The Labute approximate surface area is 117 Å². The van der Waals surface area contributed by atoms with Crippen molar-refractivity contribution in [2.75, 3.05) is 11.4 Å². The highest BCUT2D eigenvalue weighted by Crippen LogP contribution is 2.34. The molecule has 0 N–H and O–H groups in total. The van der Waals surface area contributed by atoms with Gasteiger partial charge in [-0.1, -0.05) is 30.3 Å². The Balaban J connectivity index is 2.23. The smallest absolute Gasteiger partial charge is 0.253 e. The van der Waals surface area contributed by atoms with Crippen LogP contribution in [0.3, 0.4) is 0 Å². The molecule has 0 radical (unpaired) electrons. The van der Waals surface area contributed by atoms with E-state index < -0.39 is 15.0 Å². The molecule has 1 heterocycles. The molecule has 0 bridgehead atoms. The van der Waals surface area contributed by atoms with Crippen molar-refractivity contribution >= 4 is 26.3 Å². The first-order chi connectivity index (χ1) is 9.60. The molecule has 0 unspecified atom stereocenters. The van der Waals surface area contributed by atoms with Crippen LogP contribution in [0.5, 0.6) is 0 Å². The number of rotatable bonds is 1. The van der Waals surface area contributed by atoms with Crippen molar-refractivity contribution < 1.29 is 13.2 Å². The fourth-order valence-corrected chi connectivity index (χ4v) is 3.68. The molecule has 2 aromatic carbocycles. The van der Waals surface area contributed by atoms with Crippen molar-refractivity contribution in [1.82, 2.24) is 0 Å². The van der Waals surface area contributed by atoms with E-state index in [1.165, 1.54) is 6.07 Å². The van der Waals surface area contributed by atoms with E-state index in [4.69, 9.17) is 0 Å². The van der Waals surface area contributed by atoms with Gasteiger partial charge in [0, 0.05) is 18.7 Å². The molecule has 102 valence electrons. The van der Waals surface area contributed by atoms with Gasteiger partial charge in [-0.3, -0.25) is 4.79 Å². The lowest BCUT2D eigenvalue weighted by Crippen LogP contribution is -2.18. The molecular formula is C15H13NO3S. The number of fused-ring (bicyclic) bond motifs is 1. The molecule has 0 aromatic heterocycles. The van der Waals surface area contributed by atoms with E-state index in [0.717, 1.165) is 5.69 Å². The minimum absolute atomic E-state index is 0.00803. The highest BCUT2D eigenvalue weighted by Gasteiger charge is 2.32. The predicted octanol–water partition coefficient (Wildman–Crippen LogP) is 2.53. The van der Waals surface area contributed by atoms with E-state index in [1.807, 2.05) is 35.2 Å². The molecule has 4 nitrogen and oxygen atoms in total. The van der Waals surface area contributed by atoms with Gasteiger partial charge >= 0.3 is 0 Å². The summed E-state index contributed by atoms with van der Waals surface area (Å²) in [5.41, 5.74) is 1.44. The molecule has 0 amide bonds. The van der Waals surface area contributed by atoms with Crippen LogP contribution >= 0.6 is 0 Å². The monoisotopic (exact) mass is 287 g/mol. The van der Waals surface area contributed by atoms with Gasteiger partial charge in [-0.05, 0) is 24.3 Å². The van der Waals surface area contributed by atoms with Crippen LogP contribution in [0.4, 0.5) is 11.4 Å². The summed E-state index contributed by atoms with van der Waals surface area (Å²) in [6.45, 7) is 0.360. The molecule has 1 aliphatic heterocycles. The van der Waals surface area contributed by atoms with Gasteiger partial charge in [-0.2, -0.15) is 0 Å². The first-order valence-corrected chi connectivity index (χ1v) is 7.78. The zero-order valence-corrected chi connectivity index (χ0v) is 11.5. The third-order valence-corrected chi connectivity index (χ3v) is 5.08. The lowest BCUT2D eigenvalue weighted by molar-refractivity contribution is -0.111. The average molecular weight is 287 g/mol. The van der Waals surface area contributed by atoms with Crippen LogP contribution in [-0.4, -0.2) is 20.1 Å². The van der Waals surface area contributed by atoms with Gasteiger partial charge in [-0.15, -0.1) is 0 Å². The van der Waals surface area contributed by atoms with Crippen LogP contribution in [0.25, 0.3) is 0 Å². The van der Waals surface area contributed by atoms with Gasteiger partial charge in [0.05, 0.1) is 10.6 Å². The molecule has 0 atom stereocenters. The van der Waals surface area contributed by atoms with Crippen molar-refractivity contribution in [2.24, 2.45) is 0 Å². The van der Waals surface area contributed by atoms with Crippen LogP contribution < -0.4 is 4.90 Å².